The third kappa shape index (κ3) is 1.21. The van der Waals surface area contributed by atoms with Gasteiger partial charge in [0.25, 0.3) is 0 Å². The summed E-state index contributed by atoms with van der Waals surface area (Å²) in [5, 5.41) is 0. The van der Waals surface area contributed by atoms with Crippen LogP contribution in [0.5, 0.6) is 0 Å². The largest absolute Gasteiger partial charge is 0.312 e. The van der Waals surface area contributed by atoms with Gasteiger partial charge >= 0.3 is 0 Å². The number of rotatable bonds is 1. The van der Waals surface area contributed by atoms with Crippen LogP contribution in [0.1, 0.15) is 30.0 Å². The number of hydrogen-bond acceptors (Lipinski definition) is 1. The Labute approximate surface area is 89.9 Å². The van der Waals surface area contributed by atoms with E-state index >= 15 is 0 Å². The Kier molecular flexibility index (Phi) is 1.84. The van der Waals surface area contributed by atoms with Gasteiger partial charge in [0.15, 0.2) is 0 Å². The van der Waals surface area contributed by atoms with Gasteiger partial charge < -0.3 is 4.90 Å². The Hall–Kier alpha value is -1.31. The lowest BCUT2D eigenvalue weighted by Gasteiger charge is -2.15. The average molecular weight is 201 g/mol. The van der Waals surface area contributed by atoms with Gasteiger partial charge in [0.1, 0.15) is 0 Å². The van der Waals surface area contributed by atoms with E-state index in [4.69, 9.17) is 0 Å². The molecule has 1 aromatic rings. The minimum atomic E-state index is 0.260. The minimum Gasteiger partial charge on any atom is -0.312 e. The van der Waals surface area contributed by atoms with Gasteiger partial charge in [0, 0.05) is 12.2 Å². The third-order valence-corrected chi connectivity index (χ3v) is 3.54. The number of hydrogen-bond donors (Lipinski definition) is 0. The molecule has 0 spiro atoms. The zero-order valence-electron chi connectivity index (χ0n) is 9.05. The van der Waals surface area contributed by atoms with E-state index in [0.29, 0.717) is 6.42 Å². The number of aryl methyl sites for hydroxylation is 2. The lowest BCUT2D eigenvalue weighted by atomic mass is 10.0. The third-order valence-electron chi connectivity index (χ3n) is 3.54. The predicted octanol–water partition coefficient (Wildman–Crippen LogP) is 2.08. The number of benzene rings is 1. The summed E-state index contributed by atoms with van der Waals surface area (Å²) >= 11 is 0. The van der Waals surface area contributed by atoms with E-state index < -0.39 is 0 Å². The summed E-state index contributed by atoms with van der Waals surface area (Å²) in [6.07, 6.45) is 4.27. The van der Waals surface area contributed by atoms with Gasteiger partial charge in [-0.1, -0.05) is 6.07 Å². The molecule has 0 aromatic heterocycles. The summed E-state index contributed by atoms with van der Waals surface area (Å²) < 4.78 is 0. The zero-order valence-corrected chi connectivity index (χ0v) is 9.05. The fourth-order valence-electron chi connectivity index (χ4n) is 2.79. The molecule has 3 rings (SSSR count). The van der Waals surface area contributed by atoms with Crippen LogP contribution in [0.4, 0.5) is 5.69 Å². The molecule has 0 unspecified atom stereocenters. The van der Waals surface area contributed by atoms with Crippen LogP contribution in [0.15, 0.2) is 12.1 Å². The van der Waals surface area contributed by atoms with E-state index in [-0.39, 0.29) is 5.91 Å². The maximum absolute atomic E-state index is 11.7. The second-order valence-electron chi connectivity index (χ2n) is 4.42. The Morgan fingerprint density at radius 2 is 1.93 bits per heavy atom. The molecule has 78 valence electrons. The summed E-state index contributed by atoms with van der Waals surface area (Å²) in [5.74, 6) is 0.260. The first-order chi connectivity index (χ1) is 7.29. The summed E-state index contributed by atoms with van der Waals surface area (Å²) in [4.78, 5) is 13.6. The fraction of sp³-hybridized carbons (Fsp3) is 0.462. The molecule has 1 aromatic carbocycles. The topological polar surface area (TPSA) is 20.3 Å². The molecule has 0 saturated carbocycles. The van der Waals surface area contributed by atoms with E-state index in [0.717, 1.165) is 6.54 Å². The molecule has 1 heterocycles. The molecule has 0 radical (unpaired) electrons. The van der Waals surface area contributed by atoms with Gasteiger partial charge in [-0.15, -0.1) is 0 Å². The van der Waals surface area contributed by atoms with E-state index in [2.05, 4.69) is 12.1 Å². The first kappa shape index (κ1) is 8.96. The van der Waals surface area contributed by atoms with Gasteiger partial charge in [0.2, 0.25) is 5.91 Å². The normalized spacial score (nSPS) is 18.2. The first-order valence-electron chi connectivity index (χ1n) is 5.74. The van der Waals surface area contributed by atoms with Crippen molar-refractivity contribution in [1.82, 2.24) is 0 Å². The lowest BCUT2D eigenvalue weighted by molar-refractivity contribution is -0.117. The Morgan fingerprint density at radius 1 is 1.20 bits per heavy atom. The van der Waals surface area contributed by atoms with Crippen molar-refractivity contribution in [3.8, 4) is 0 Å². The summed E-state index contributed by atoms with van der Waals surface area (Å²) in [6, 6.07) is 4.50. The molecule has 15 heavy (non-hydrogen) atoms. The van der Waals surface area contributed by atoms with Crippen molar-refractivity contribution in [2.45, 2.75) is 32.6 Å². The molecule has 2 heteroatoms. The average Bonchev–Trinajstić information content (AvgIpc) is 2.76. The second-order valence-corrected chi connectivity index (χ2v) is 4.42. The Balaban J connectivity index is 2.12. The highest BCUT2D eigenvalue weighted by molar-refractivity contribution is 6.01. The molecule has 0 fully saturated rings. The molecular formula is C13H15NO. The molecule has 0 atom stereocenters. The predicted molar refractivity (Wildman–Crippen MR) is 60.2 cm³/mol. The molecule has 2 aliphatic rings. The maximum Gasteiger partial charge on any atom is 0.231 e. The highest BCUT2D eigenvalue weighted by atomic mass is 16.2. The van der Waals surface area contributed by atoms with Crippen LogP contribution in [0.3, 0.4) is 0 Å². The molecular weight excluding hydrogens is 186 g/mol. The summed E-state index contributed by atoms with van der Waals surface area (Å²) in [6.45, 7) is 2.84. The highest BCUT2D eigenvalue weighted by Gasteiger charge is 2.27. The van der Waals surface area contributed by atoms with Crippen LogP contribution in [0.2, 0.25) is 0 Å². The molecule has 0 saturated heterocycles. The van der Waals surface area contributed by atoms with Gasteiger partial charge in [-0.2, -0.15) is 0 Å². The number of nitrogens with zero attached hydrogens (tertiary/aromatic N) is 1. The van der Waals surface area contributed by atoms with Gasteiger partial charge in [-0.05, 0) is 48.9 Å². The molecule has 2 nitrogen and oxygen atoms in total. The van der Waals surface area contributed by atoms with Crippen LogP contribution in [0.25, 0.3) is 0 Å². The molecule has 1 aliphatic carbocycles. The van der Waals surface area contributed by atoms with Gasteiger partial charge in [-0.3, -0.25) is 4.79 Å². The highest BCUT2D eigenvalue weighted by Crippen LogP contribution is 2.34. The van der Waals surface area contributed by atoms with Crippen LogP contribution >= 0.6 is 0 Å². The van der Waals surface area contributed by atoms with E-state index in [9.17, 15) is 4.79 Å². The van der Waals surface area contributed by atoms with Crippen LogP contribution < -0.4 is 4.90 Å². The van der Waals surface area contributed by atoms with Crippen LogP contribution in [-0.4, -0.2) is 12.5 Å². The minimum absolute atomic E-state index is 0.260. The maximum atomic E-state index is 11.7. The smallest absolute Gasteiger partial charge is 0.231 e. The summed E-state index contributed by atoms with van der Waals surface area (Å²) in [5.41, 5.74) is 5.34. The number of anilines is 1. The number of carbonyl (C=O) groups excluding carboxylic acids is 1. The van der Waals surface area contributed by atoms with Crippen molar-refractivity contribution in [2.75, 3.05) is 11.4 Å². The molecule has 1 amide bonds. The first-order valence-corrected chi connectivity index (χ1v) is 5.74. The summed E-state index contributed by atoms with van der Waals surface area (Å²) in [7, 11) is 0. The van der Waals surface area contributed by atoms with Crippen molar-refractivity contribution >= 4 is 11.6 Å². The Morgan fingerprint density at radius 3 is 2.67 bits per heavy atom. The van der Waals surface area contributed by atoms with E-state index in [1.54, 1.807) is 0 Å². The lowest BCUT2D eigenvalue weighted by Crippen LogP contribution is -2.25. The SMILES string of the molecule is CCN1C(=O)Cc2cc3c(cc21)CCC3. The molecule has 0 N–H and O–H groups in total. The number of amides is 1. The van der Waals surface area contributed by atoms with Crippen molar-refractivity contribution in [1.29, 1.82) is 0 Å². The number of fused-ring (bicyclic) bond motifs is 2. The van der Waals surface area contributed by atoms with Crippen molar-refractivity contribution in [3.63, 3.8) is 0 Å². The van der Waals surface area contributed by atoms with Crippen LogP contribution in [0, 0.1) is 0 Å². The number of likely N-dealkylation sites (N-methyl/N-ethyl adjacent to an activating group) is 1. The van der Waals surface area contributed by atoms with Crippen LogP contribution in [-0.2, 0) is 24.1 Å². The fourth-order valence-corrected chi connectivity index (χ4v) is 2.79. The van der Waals surface area contributed by atoms with Crippen molar-refractivity contribution in [3.05, 3.63) is 28.8 Å². The van der Waals surface area contributed by atoms with E-state index in [1.165, 1.54) is 41.6 Å². The standard InChI is InChI=1S/C13H15NO/c1-2-14-12-7-10-5-3-4-9(10)6-11(12)8-13(14)15/h6-7H,2-5,8H2,1H3. The quantitative estimate of drug-likeness (QED) is 0.681. The monoisotopic (exact) mass is 201 g/mol. The second kappa shape index (κ2) is 3.09. The zero-order chi connectivity index (χ0) is 10.4. The number of carbonyl (C=O) groups is 1. The molecule has 0 bridgehead atoms. The van der Waals surface area contributed by atoms with Crippen molar-refractivity contribution < 1.29 is 4.79 Å². The van der Waals surface area contributed by atoms with Gasteiger partial charge in [0.05, 0.1) is 6.42 Å². The van der Waals surface area contributed by atoms with Crippen molar-refractivity contribution in [2.24, 2.45) is 0 Å². The Bertz CT molecular complexity index is 436. The molecule has 1 aliphatic heterocycles. The van der Waals surface area contributed by atoms with Gasteiger partial charge in [-0.25, -0.2) is 0 Å². The van der Waals surface area contributed by atoms with E-state index in [1.807, 2.05) is 11.8 Å².